The molecule has 1 N–H and O–H groups in total. The molecule has 5 nitrogen and oxygen atoms in total. The third-order valence-electron chi connectivity index (χ3n) is 3.95. The highest BCUT2D eigenvalue weighted by molar-refractivity contribution is 6.00. The largest absolute Gasteiger partial charge is 0.496 e. The van der Waals surface area contributed by atoms with Crippen molar-refractivity contribution < 1.29 is 19.1 Å². The Hall–Kier alpha value is -2.82. The molecule has 0 aliphatic carbocycles. The molecule has 1 amide bonds. The normalized spacial score (nSPS) is 10.3. The maximum absolute atomic E-state index is 12.3. The van der Waals surface area contributed by atoms with Gasteiger partial charge in [0.1, 0.15) is 18.1 Å². The van der Waals surface area contributed by atoms with Gasteiger partial charge in [0.05, 0.1) is 19.2 Å². The Balaban J connectivity index is 1.72. The lowest BCUT2D eigenvalue weighted by Gasteiger charge is -2.09. The number of ether oxygens (including phenoxy) is 2. The van der Waals surface area contributed by atoms with Crippen molar-refractivity contribution in [3.8, 4) is 11.5 Å². The predicted molar refractivity (Wildman–Crippen MR) is 101 cm³/mol. The summed E-state index contributed by atoms with van der Waals surface area (Å²) in [6.45, 7) is 4.71. The molecule has 0 heterocycles. The van der Waals surface area contributed by atoms with Gasteiger partial charge in [0.25, 0.3) is 0 Å². The van der Waals surface area contributed by atoms with Crippen LogP contribution in [-0.2, 0) is 4.79 Å². The summed E-state index contributed by atoms with van der Waals surface area (Å²) >= 11 is 0. The first kappa shape index (κ1) is 19.5. The van der Waals surface area contributed by atoms with E-state index in [1.807, 2.05) is 44.2 Å². The Morgan fingerprint density at radius 2 is 1.65 bits per heavy atom. The van der Waals surface area contributed by atoms with Crippen LogP contribution in [-0.4, -0.2) is 32.0 Å². The fourth-order valence-electron chi connectivity index (χ4n) is 2.48. The van der Waals surface area contributed by atoms with E-state index in [9.17, 15) is 9.59 Å². The van der Waals surface area contributed by atoms with Crippen molar-refractivity contribution in [2.75, 3.05) is 20.3 Å². The first-order valence-electron chi connectivity index (χ1n) is 8.63. The number of benzene rings is 2. The predicted octanol–water partition coefficient (Wildman–Crippen LogP) is 3.47. The van der Waals surface area contributed by atoms with Crippen molar-refractivity contribution in [3.63, 3.8) is 0 Å². The fourth-order valence-corrected chi connectivity index (χ4v) is 2.48. The smallest absolute Gasteiger partial charge is 0.220 e. The van der Waals surface area contributed by atoms with Crippen molar-refractivity contribution in [3.05, 3.63) is 59.2 Å². The maximum Gasteiger partial charge on any atom is 0.220 e. The Morgan fingerprint density at radius 1 is 0.962 bits per heavy atom. The second-order valence-electron chi connectivity index (χ2n) is 6.14. The molecule has 0 bridgehead atoms. The van der Waals surface area contributed by atoms with Crippen molar-refractivity contribution in [2.24, 2.45) is 0 Å². The molecular weight excluding hydrogens is 330 g/mol. The van der Waals surface area contributed by atoms with Crippen LogP contribution in [0.2, 0.25) is 0 Å². The Morgan fingerprint density at radius 3 is 2.35 bits per heavy atom. The van der Waals surface area contributed by atoms with Gasteiger partial charge < -0.3 is 14.8 Å². The minimum absolute atomic E-state index is 0.100. The maximum atomic E-state index is 12.3. The van der Waals surface area contributed by atoms with Crippen LogP contribution in [0, 0.1) is 13.8 Å². The average molecular weight is 355 g/mol. The van der Waals surface area contributed by atoms with Crippen LogP contribution in [0.4, 0.5) is 0 Å². The van der Waals surface area contributed by atoms with E-state index in [1.165, 1.54) is 12.7 Å². The zero-order valence-corrected chi connectivity index (χ0v) is 15.5. The molecular formula is C21H25NO4. The summed E-state index contributed by atoms with van der Waals surface area (Å²) in [7, 11) is 1.53. The van der Waals surface area contributed by atoms with E-state index in [0.29, 0.717) is 24.5 Å². The van der Waals surface area contributed by atoms with Gasteiger partial charge in [0.2, 0.25) is 5.91 Å². The number of methoxy groups -OCH3 is 1. The number of amides is 1. The number of hydrogen-bond donors (Lipinski definition) is 1. The lowest BCUT2D eigenvalue weighted by molar-refractivity contribution is -0.121. The van der Waals surface area contributed by atoms with Crippen molar-refractivity contribution in [1.82, 2.24) is 5.32 Å². The Kier molecular flexibility index (Phi) is 7.21. The van der Waals surface area contributed by atoms with Gasteiger partial charge in [-0.05, 0) is 38.1 Å². The number of hydrogen-bond acceptors (Lipinski definition) is 4. The molecule has 2 rings (SSSR count). The van der Waals surface area contributed by atoms with Gasteiger partial charge in [0, 0.05) is 12.8 Å². The molecule has 0 atom stereocenters. The van der Waals surface area contributed by atoms with Crippen LogP contribution in [0.5, 0.6) is 11.5 Å². The highest BCUT2D eigenvalue weighted by Gasteiger charge is 2.14. The van der Waals surface area contributed by atoms with E-state index < -0.39 is 0 Å². The standard InChI is InChI=1S/C21H25NO4/c1-15-4-7-17(8-5-15)26-13-12-22-21(24)11-9-19(23)18-14-16(2)6-10-20(18)25-3/h4-8,10,14H,9,11-13H2,1-3H3,(H,22,24). The number of carbonyl (C=O) groups excluding carboxylic acids is 2. The third kappa shape index (κ3) is 5.92. The summed E-state index contributed by atoms with van der Waals surface area (Å²) in [5, 5.41) is 2.76. The molecule has 2 aromatic carbocycles. The second kappa shape index (κ2) is 9.61. The molecule has 2 aromatic rings. The lowest BCUT2D eigenvalue weighted by Crippen LogP contribution is -2.28. The van der Waals surface area contributed by atoms with E-state index in [-0.39, 0.29) is 24.5 Å². The third-order valence-corrected chi connectivity index (χ3v) is 3.95. The van der Waals surface area contributed by atoms with E-state index >= 15 is 0 Å². The zero-order valence-electron chi connectivity index (χ0n) is 15.5. The van der Waals surface area contributed by atoms with Crippen LogP contribution in [0.25, 0.3) is 0 Å². The summed E-state index contributed by atoms with van der Waals surface area (Å²) in [4.78, 5) is 24.2. The van der Waals surface area contributed by atoms with Gasteiger partial charge in [-0.25, -0.2) is 0 Å². The van der Waals surface area contributed by atoms with E-state index in [4.69, 9.17) is 9.47 Å². The molecule has 26 heavy (non-hydrogen) atoms. The van der Waals surface area contributed by atoms with Crippen LogP contribution in [0.3, 0.4) is 0 Å². The number of Topliss-reactive ketones (excluding diaryl/α,β-unsaturated/α-hetero) is 1. The number of ketones is 1. The van der Waals surface area contributed by atoms with E-state index in [0.717, 1.165) is 11.3 Å². The number of aryl methyl sites for hydroxylation is 2. The van der Waals surface area contributed by atoms with Crippen molar-refractivity contribution in [2.45, 2.75) is 26.7 Å². The van der Waals surface area contributed by atoms with Crippen molar-refractivity contribution in [1.29, 1.82) is 0 Å². The SMILES string of the molecule is COc1ccc(C)cc1C(=O)CCC(=O)NCCOc1ccc(C)cc1. The van der Waals surface area contributed by atoms with Crippen molar-refractivity contribution >= 4 is 11.7 Å². The van der Waals surface area contributed by atoms with Gasteiger partial charge in [-0.2, -0.15) is 0 Å². The molecule has 0 unspecified atom stereocenters. The molecule has 0 aliphatic heterocycles. The minimum atomic E-state index is -0.169. The monoisotopic (exact) mass is 355 g/mol. The number of rotatable bonds is 9. The zero-order chi connectivity index (χ0) is 18.9. The first-order valence-corrected chi connectivity index (χ1v) is 8.63. The molecule has 0 radical (unpaired) electrons. The number of carbonyl (C=O) groups is 2. The molecule has 0 saturated carbocycles. The molecule has 0 spiro atoms. The van der Waals surface area contributed by atoms with Gasteiger partial charge in [-0.3, -0.25) is 9.59 Å². The lowest BCUT2D eigenvalue weighted by atomic mass is 10.0. The number of nitrogens with one attached hydrogen (secondary N) is 1. The van der Waals surface area contributed by atoms with Gasteiger partial charge in [-0.15, -0.1) is 0 Å². The molecule has 0 aliphatic rings. The van der Waals surface area contributed by atoms with E-state index in [1.54, 1.807) is 12.1 Å². The van der Waals surface area contributed by atoms with Crippen LogP contribution < -0.4 is 14.8 Å². The molecule has 0 fully saturated rings. The Bertz CT molecular complexity index is 753. The highest BCUT2D eigenvalue weighted by atomic mass is 16.5. The summed E-state index contributed by atoms with van der Waals surface area (Å²) in [5.74, 6) is 1.04. The highest BCUT2D eigenvalue weighted by Crippen LogP contribution is 2.21. The van der Waals surface area contributed by atoms with Gasteiger partial charge >= 0.3 is 0 Å². The average Bonchev–Trinajstić information content (AvgIpc) is 2.64. The summed E-state index contributed by atoms with van der Waals surface area (Å²) < 4.78 is 10.8. The minimum Gasteiger partial charge on any atom is -0.496 e. The molecule has 5 heteroatoms. The first-order chi connectivity index (χ1) is 12.5. The van der Waals surface area contributed by atoms with Crippen LogP contribution in [0.1, 0.15) is 34.3 Å². The van der Waals surface area contributed by atoms with Crippen LogP contribution in [0.15, 0.2) is 42.5 Å². The van der Waals surface area contributed by atoms with E-state index in [2.05, 4.69) is 5.32 Å². The van der Waals surface area contributed by atoms with Gasteiger partial charge in [0.15, 0.2) is 5.78 Å². The molecule has 138 valence electrons. The summed E-state index contributed by atoms with van der Waals surface area (Å²) in [5.41, 5.74) is 2.66. The van der Waals surface area contributed by atoms with Crippen LogP contribution >= 0.6 is 0 Å². The second-order valence-corrected chi connectivity index (χ2v) is 6.14. The summed E-state index contributed by atoms with van der Waals surface area (Å²) in [6.07, 6.45) is 0.283. The summed E-state index contributed by atoms with van der Waals surface area (Å²) in [6, 6.07) is 13.2. The molecule has 0 saturated heterocycles. The quantitative estimate of drug-likeness (QED) is 0.553. The fraction of sp³-hybridized carbons (Fsp3) is 0.333. The Labute approximate surface area is 154 Å². The molecule has 0 aromatic heterocycles. The van der Waals surface area contributed by atoms with Gasteiger partial charge in [-0.1, -0.05) is 29.3 Å². The topological polar surface area (TPSA) is 64.6 Å².